The molecule has 0 bridgehead atoms. The molecular weight excluding hydrogens is 314 g/mol. The van der Waals surface area contributed by atoms with Crippen molar-refractivity contribution in [2.75, 3.05) is 12.5 Å². The van der Waals surface area contributed by atoms with Crippen LogP contribution in [0.3, 0.4) is 0 Å². The maximum absolute atomic E-state index is 6.06. The number of nitrogens with zero attached hydrogens (tertiary/aromatic N) is 2. The van der Waals surface area contributed by atoms with E-state index in [4.69, 9.17) is 9.57 Å². The van der Waals surface area contributed by atoms with Gasteiger partial charge in [-0.1, -0.05) is 30.3 Å². The summed E-state index contributed by atoms with van der Waals surface area (Å²) in [7, 11) is 1.66. The minimum absolute atomic E-state index is 0.0523. The first-order valence-corrected chi connectivity index (χ1v) is 8.19. The molecule has 2 heterocycles. The highest BCUT2D eigenvalue weighted by molar-refractivity contribution is 5.47. The number of aromatic nitrogens is 1. The molecule has 0 amide bonds. The van der Waals surface area contributed by atoms with Gasteiger partial charge >= 0.3 is 0 Å². The molecule has 1 aliphatic rings. The summed E-state index contributed by atoms with van der Waals surface area (Å²) in [5, 5.41) is 1.80. The predicted molar refractivity (Wildman–Crippen MR) is 96.2 cm³/mol. The molecule has 1 N–H and O–H groups in total. The molecule has 0 saturated carbocycles. The van der Waals surface area contributed by atoms with Crippen molar-refractivity contribution in [3.05, 3.63) is 84.2 Å². The fourth-order valence-electron chi connectivity index (χ4n) is 2.98. The van der Waals surface area contributed by atoms with Gasteiger partial charge in [-0.25, -0.2) is 0 Å². The number of methoxy groups -OCH3 is 1. The Morgan fingerprint density at radius 2 is 1.88 bits per heavy atom. The van der Waals surface area contributed by atoms with Crippen LogP contribution in [0, 0.1) is 0 Å². The summed E-state index contributed by atoms with van der Waals surface area (Å²) < 4.78 is 5.32. The van der Waals surface area contributed by atoms with Gasteiger partial charge in [-0.05, 0) is 41.4 Å². The Bertz CT molecular complexity index is 840. The molecule has 25 heavy (non-hydrogen) atoms. The zero-order valence-corrected chi connectivity index (χ0v) is 13.9. The number of benzene rings is 2. The Morgan fingerprint density at radius 1 is 1.08 bits per heavy atom. The first kappa shape index (κ1) is 15.5. The Kier molecular flexibility index (Phi) is 4.23. The highest BCUT2D eigenvalue weighted by Crippen LogP contribution is 2.41. The van der Waals surface area contributed by atoms with Gasteiger partial charge in [-0.3, -0.25) is 10.4 Å². The molecule has 1 unspecified atom stereocenters. The summed E-state index contributed by atoms with van der Waals surface area (Å²) in [5.41, 5.74) is 6.63. The van der Waals surface area contributed by atoms with Crippen molar-refractivity contribution in [3.8, 4) is 11.5 Å². The van der Waals surface area contributed by atoms with Crippen molar-refractivity contribution >= 4 is 5.69 Å². The van der Waals surface area contributed by atoms with Crippen LogP contribution < -0.4 is 15.0 Å². The smallest absolute Gasteiger partial charge is 0.158 e. The third-order valence-electron chi connectivity index (χ3n) is 4.25. The minimum Gasteiger partial charge on any atom is -0.497 e. The van der Waals surface area contributed by atoms with Crippen molar-refractivity contribution in [3.63, 3.8) is 0 Å². The highest BCUT2D eigenvalue weighted by Gasteiger charge is 2.33. The van der Waals surface area contributed by atoms with Gasteiger partial charge in [-0.15, -0.1) is 0 Å². The number of hydrazine groups is 1. The molecule has 1 aliphatic heterocycles. The van der Waals surface area contributed by atoms with Crippen LogP contribution >= 0.6 is 0 Å². The lowest BCUT2D eigenvalue weighted by Gasteiger charge is -2.24. The van der Waals surface area contributed by atoms with Crippen molar-refractivity contribution in [1.29, 1.82) is 0 Å². The number of ether oxygens (including phenoxy) is 1. The van der Waals surface area contributed by atoms with Gasteiger partial charge in [0.05, 0.1) is 18.8 Å². The summed E-state index contributed by atoms with van der Waals surface area (Å²) in [5.74, 6) is 1.59. The lowest BCUT2D eigenvalue weighted by Crippen LogP contribution is -2.33. The van der Waals surface area contributed by atoms with Gasteiger partial charge in [-0.2, -0.15) is 0 Å². The van der Waals surface area contributed by atoms with E-state index in [0.29, 0.717) is 0 Å². The van der Waals surface area contributed by atoms with E-state index in [2.05, 4.69) is 40.7 Å². The summed E-state index contributed by atoms with van der Waals surface area (Å²) in [4.78, 5) is 10.1. The highest BCUT2D eigenvalue weighted by atomic mass is 16.7. The first-order chi connectivity index (χ1) is 12.3. The molecule has 5 nitrogen and oxygen atoms in total. The van der Waals surface area contributed by atoms with Gasteiger partial charge in [0, 0.05) is 24.0 Å². The van der Waals surface area contributed by atoms with Gasteiger partial charge in [0.25, 0.3) is 0 Å². The average Bonchev–Trinajstić information content (AvgIpc) is 2.99. The minimum atomic E-state index is 0.0523. The van der Waals surface area contributed by atoms with E-state index in [0.717, 1.165) is 29.2 Å². The number of rotatable bonds is 5. The van der Waals surface area contributed by atoms with Gasteiger partial charge < -0.3 is 9.57 Å². The van der Waals surface area contributed by atoms with Crippen molar-refractivity contribution in [1.82, 2.24) is 10.2 Å². The molecule has 1 aromatic heterocycles. The quantitative estimate of drug-likeness (QED) is 0.764. The third kappa shape index (κ3) is 3.27. The molecule has 126 valence electrons. The van der Waals surface area contributed by atoms with Crippen LogP contribution in [-0.2, 0) is 6.42 Å². The van der Waals surface area contributed by atoms with Crippen LogP contribution in [0.2, 0.25) is 0 Å². The molecule has 1 atom stereocenters. The summed E-state index contributed by atoms with van der Waals surface area (Å²) in [6, 6.07) is 20.2. The summed E-state index contributed by atoms with van der Waals surface area (Å²) >= 11 is 0. The normalized spacial score (nSPS) is 16.1. The second-order valence-corrected chi connectivity index (χ2v) is 5.87. The molecule has 2 aromatic carbocycles. The predicted octanol–water partition coefficient (Wildman–Crippen LogP) is 4.01. The number of fused-ring (bicyclic) bond motifs is 1. The zero-order chi connectivity index (χ0) is 17.1. The summed E-state index contributed by atoms with van der Waals surface area (Å²) in [6.45, 7) is 0. The lowest BCUT2D eigenvalue weighted by atomic mass is 9.99. The molecule has 0 fully saturated rings. The third-order valence-corrected chi connectivity index (χ3v) is 4.25. The average molecular weight is 333 g/mol. The van der Waals surface area contributed by atoms with Crippen molar-refractivity contribution in [2.45, 2.75) is 12.5 Å². The second-order valence-electron chi connectivity index (χ2n) is 5.87. The monoisotopic (exact) mass is 333 g/mol. The standard InChI is InChI=1S/C20H19N3O2/c1-24-17-7-8-18-19(13-15-5-3-2-4-6-15)23(25-20(18)14-17)22-16-9-11-21-12-10-16/h2-12,14,19H,13H2,1H3,(H,21,22). The molecule has 5 heteroatoms. The lowest BCUT2D eigenvalue weighted by molar-refractivity contribution is -0.0449. The molecule has 0 saturated heterocycles. The number of hydrogen-bond acceptors (Lipinski definition) is 5. The number of hydroxylamine groups is 1. The summed E-state index contributed by atoms with van der Waals surface area (Å²) in [6.07, 6.45) is 4.33. The van der Waals surface area contributed by atoms with E-state index in [9.17, 15) is 0 Å². The Morgan fingerprint density at radius 3 is 2.64 bits per heavy atom. The topological polar surface area (TPSA) is 46.6 Å². The van der Waals surface area contributed by atoms with Crippen LogP contribution in [0.1, 0.15) is 17.2 Å². The number of anilines is 1. The van der Waals surface area contributed by atoms with Crippen LogP contribution in [-0.4, -0.2) is 17.3 Å². The van der Waals surface area contributed by atoms with E-state index >= 15 is 0 Å². The van der Waals surface area contributed by atoms with E-state index < -0.39 is 0 Å². The van der Waals surface area contributed by atoms with Crippen LogP contribution in [0.5, 0.6) is 11.5 Å². The molecule has 0 aliphatic carbocycles. The molecule has 3 aromatic rings. The van der Waals surface area contributed by atoms with E-state index in [-0.39, 0.29) is 6.04 Å². The SMILES string of the molecule is COc1ccc2c(c1)ON(Nc1ccncc1)C2Cc1ccccc1. The van der Waals surface area contributed by atoms with E-state index in [1.54, 1.807) is 24.7 Å². The number of nitrogens with one attached hydrogen (secondary N) is 1. The van der Waals surface area contributed by atoms with Crippen LogP contribution in [0.4, 0.5) is 5.69 Å². The van der Waals surface area contributed by atoms with Gasteiger partial charge in [0.2, 0.25) is 0 Å². The molecule has 4 rings (SSSR count). The fraction of sp³-hybridized carbons (Fsp3) is 0.150. The largest absolute Gasteiger partial charge is 0.497 e. The van der Waals surface area contributed by atoms with Crippen LogP contribution in [0.25, 0.3) is 0 Å². The van der Waals surface area contributed by atoms with Gasteiger partial charge in [0.1, 0.15) is 5.75 Å². The van der Waals surface area contributed by atoms with Crippen molar-refractivity contribution < 1.29 is 9.57 Å². The van der Waals surface area contributed by atoms with Gasteiger partial charge in [0.15, 0.2) is 5.75 Å². The van der Waals surface area contributed by atoms with Crippen molar-refractivity contribution in [2.24, 2.45) is 0 Å². The molecule has 0 radical (unpaired) electrons. The van der Waals surface area contributed by atoms with E-state index in [1.807, 2.05) is 30.3 Å². The Balaban J connectivity index is 1.65. The maximum atomic E-state index is 6.06. The number of pyridine rings is 1. The van der Waals surface area contributed by atoms with Crippen LogP contribution in [0.15, 0.2) is 73.1 Å². The van der Waals surface area contributed by atoms with E-state index in [1.165, 1.54) is 5.56 Å². The molecular formula is C20H19N3O2. The Labute approximate surface area is 146 Å². The maximum Gasteiger partial charge on any atom is 0.158 e. The molecule has 0 spiro atoms. The second kappa shape index (κ2) is 6.83. The number of hydrogen-bond donors (Lipinski definition) is 1. The first-order valence-electron chi connectivity index (χ1n) is 8.19. The zero-order valence-electron chi connectivity index (χ0n) is 13.9. The Hall–Kier alpha value is -3.05. The fourth-order valence-corrected chi connectivity index (χ4v) is 2.98.